The summed E-state index contributed by atoms with van der Waals surface area (Å²) in [5.74, 6) is 0.990. The van der Waals surface area contributed by atoms with E-state index in [1.807, 2.05) is 38.2 Å². The maximum atomic E-state index is 12.7. The van der Waals surface area contributed by atoms with Crippen LogP contribution in [0.3, 0.4) is 0 Å². The van der Waals surface area contributed by atoms with E-state index >= 15 is 0 Å². The van der Waals surface area contributed by atoms with Crippen LogP contribution >= 0.6 is 0 Å². The lowest BCUT2D eigenvalue weighted by Crippen LogP contribution is -2.42. The summed E-state index contributed by atoms with van der Waals surface area (Å²) in [6.07, 6.45) is 3.58. The van der Waals surface area contributed by atoms with Gasteiger partial charge in [-0.15, -0.1) is 0 Å². The van der Waals surface area contributed by atoms with Gasteiger partial charge in [0.05, 0.1) is 17.5 Å². The molecule has 1 aliphatic heterocycles. The fourth-order valence-electron chi connectivity index (χ4n) is 3.40. The molecule has 0 aliphatic carbocycles. The van der Waals surface area contributed by atoms with E-state index in [1.165, 1.54) is 18.2 Å². The van der Waals surface area contributed by atoms with E-state index in [1.54, 1.807) is 12.1 Å². The summed E-state index contributed by atoms with van der Waals surface area (Å²) < 4.78 is 18.4. The van der Waals surface area contributed by atoms with Crippen LogP contribution in [0.1, 0.15) is 25.3 Å². The molecule has 11 heteroatoms. The van der Waals surface area contributed by atoms with Crippen molar-refractivity contribution in [2.45, 2.75) is 38.9 Å². The number of nitrogens with one attached hydrogen (secondary N) is 1. The number of aromatic nitrogens is 2. The fraction of sp³-hybridized carbons (Fsp3) is 0.375. The number of nitriles is 1. The molecule has 1 saturated heterocycles. The Hall–Kier alpha value is -4.04. The van der Waals surface area contributed by atoms with Gasteiger partial charge < -0.3 is 20.4 Å². The van der Waals surface area contributed by atoms with Crippen LogP contribution in [0.15, 0.2) is 42.7 Å². The van der Waals surface area contributed by atoms with Gasteiger partial charge in [0.1, 0.15) is 18.1 Å². The molecule has 0 radical (unpaired) electrons. The Kier molecular flexibility index (Phi) is 10.1. The smallest absolute Gasteiger partial charge is 0.335 e. The quantitative estimate of drug-likeness (QED) is 0.502. The first-order chi connectivity index (χ1) is 16.8. The van der Waals surface area contributed by atoms with Crippen LogP contribution in [-0.2, 0) is 9.63 Å². The molecule has 2 atom stereocenters. The van der Waals surface area contributed by atoms with Crippen molar-refractivity contribution >= 4 is 22.5 Å². The Morgan fingerprint density at radius 2 is 2.14 bits per heavy atom. The molecule has 3 N–H and O–H groups in total. The average Bonchev–Trinajstić information content (AvgIpc) is 3.50. The van der Waals surface area contributed by atoms with Crippen molar-refractivity contribution in [3.8, 4) is 18.2 Å². The summed E-state index contributed by atoms with van der Waals surface area (Å²) in [6, 6.07) is 8.52. The minimum atomic E-state index is -0.849. The second-order valence-electron chi connectivity index (χ2n) is 7.76. The first-order valence-electron chi connectivity index (χ1n) is 11.0. The normalized spacial score (nSPS) is 15.3. The minimum absolute atomic E-state index is 0.113. The zero-order chi connectivity index (χ0) is 26.0. The Labute approximate surface area is 203 Å². The Balaban J connectivity index is 0.000000263. The molecule has 0 saturated carbocycles. The number of carbonyl (C=O) groups is 1. The molecule has 10 nitrogen and oxygen atoms in total. The van der Waals surface area contributed by atoms with Crippen LogP contribution in [0.5, 0.6) is 11.6 Å². The Bertz CT molecular complexity index is 1150. The number of halogens is 1. The standard InChI is InChI=1S/C15H14N3O3.C8H15FN2O.CHN/c1-10-8-16-14-5-4-12(7-13(10)14)21-15-6-3-11(9-17-15)18(19)20-2;1-2-7(10)8(12)11-4-3-6(9)5-11;1-2/h3-9,16H,1-2H3;6-7H,2-5,10H2,1H3;1H/q+1;;. The largest absolute Gasteiger partial charge is 0.439 e. The van der Waals surface area contributed by atoms with E-state index < -0.39 is 12.2 Å². The number of nitrogens with zero attached hydrogens (tertiary/aromatic N) is 4. The van der Waals surface area contributed by atoms with Gasteiger partial charge in [-0.05, 0) is 43.5 Å². The highest BCUT2D eigenvalue weighted by Gasteiger charge is 2.28. The highest BCUT2D eigenvalue weighted by atomic mass is 19.1. The molecule has 3 heterocycles. The van der Waals surface area contributed by atoms with E-state index in [9.17, 15) is 14.1 Å². The molecular weight excluding hydrogens is 455 g/mol. The van der Waals surface area contributed by atoms with Crippen LogP contribution in [0.2, 0.25) is 0 Å². The summed E-state index contributed by atoms with van der Waals surface area (Å²) >= 11 is 0. The third kappa shape index (κ3) is 7.22. The summed E-state index contributed by atoms with van der Waals surface area (Å²) in [5, 5.41) is 7.61. The summed E-state index contributed by atoms with van der Waals surface area (Å²) in [7, 11) is 1.30. The molecule has 2 aromatic heterocycles. The molecule has 35 heavy (non-hydrogen) atoms. The number of fused-ring (bicyclic) bond motifs is 1. The molecule has 1 fully saturated rings. The minimum Gasteiger partial charge on any atom is -0.439 e. The van der Waals surface area contributed by atoms with Gasteiger partial charge in [-0.2, -0.15) is 0 Å². The van der Waals surface area contributed by atoms with Gasteiger partial charge in [-0.3, -0.25) is 4.79 Å². The maximum absolute atomic E-state index is 12.7. The van der Waals surface area contributed by atoms with E-state index in [4.69, 9.17) is 15.7 Å². The highest BCUT2D eigenvalue weighted by Crippen LogP contribution is 2.26. The third-order valence-corrected chi connectivity index (χ3v) is 5.38. The molecule has 186 valence electrons. The van der Waals surface area contributed by atoms with Crippen LogP contribution in [0, 0.1) is 23.7 Å². The number of aromatic amines is 1. The zero-order valence-corrected chi connectivity index (χ0v) is 20.0. The lowest BCUT2D eigenvalue weighted by Gasteiger charge is -2.18. The van der Waals surface area contributed by atoms with Gasteiger partial charge in [-0.1, -0.05) is 6.92 Å². The van der Waals surface area contributed by atoms with Crippen LogP contribution in [-0.4, -0.2) is 58.1 Å². The first kappa shape index (κ1) is 27.2. The average molecular weight is 486 g/mol. The molecular formula is C24H30FN6O4+. The van der Waals surface area contributed by atoms with Crippen molar-refractivity contribution < 1.29 is 23.7 Å². The number of hydrogen-bond donors (Lipinski definition) is 2. The van der Waals surface area contributed by atoms with Gasteiger partial charge in [0.15, 0.2) is 7.11 Å². The van der Waals surface area contributed by atoms with E-state index in [0.717, 1.165) is 16.5 Å². The molecule has 3 aromatic rings. The first-order valence-corrected chi connectivity index (χ1v) is 11.0. The van der Waals surface area contributed by atoms with E-state index in [-0.39, 0.29) is 12.5 Å². The van der Waals surface area contributed by atoms with Crippen molar-refractivity contribution in [1.29, 1.82) is 5.26 Å². The molecule has 1 amide bonds. The molecule has 4 rings (SSSR count). The lowest BCUT2D eigenvalue weighted by atomic mass is 10.2. The maximum Gasteiger partial charge on any atom is 0.335 e. The van der Waals surface area contributed by atoms with Crippen LogP contribution in [0.4, 0.5) is 10.1 Å². The van der Waals surface area contributed by atoms with Gasteiger partial charge >= 0.3 is 5.69 Å². The number of rotatable bonds is 6. The SMILES string of the molecule is C#N.CCC(N)C(=O)N1CCC(F)C1.CO[N+](=O)c1ccc(Oc2ccc3[nH]cc(C)c3c2)nc1. The number of aryl methyl sites for hydroxylation is 1. The number of amides is 1. The highest BCUT2D eigenvalue weighted by molar-refractivity contribution is 5.84. The van der Waals surface area contributed by atoms with Gasteiger partial charge in [0.25, 0.3) is 4.92 Å². The van der Waals surface area contributed by atoms with Crippen molar-refractivity contribution in [1.82, 2.24) is 14.9 Å². The van der Waals surface area contributed by atoms with Crippen LogP contribution < -0.4 is 10.5 Å². The summed E-state index contributed by atoms with van der Waals surface area (Å²) in [5.41, 5.74) is 8.05. The van der Waals surface area contributed by atoms with E-state index in [0.29, 0.717) is 41.6 Å². The lowest BCUT2D eigenvalue weighted by molar-refractivity contribution is -0.736. The van der Waals surface area contributed by atoms with Crippen molar-refractivity contribution in [2.24, 2.45) is 5.73 Å². The van der Waals surface area contributed by atoms with Crippen molar-refractivity contribution in [3.05, 3.63) is 53.2 Å². The van der Waals surface area contributed by atoms with E-state index in [2.05, 4.69) is 21.4 Å². The van der Waals surface area contributed by atoms with Crippen LogP contribution in [0.25, 0.3) is 10.9 Å². The molecule has 1 aliphatic rings. The number of likely N-dealkylation sites (tertiary alicyclic amines) is 1. The number of benzene rings is 1. The second kappa shape index (κ2) is 13.0. The predicted molar refractivity (Wildman–Crippen MR) is 129 cm³/mol. The zero-order valence-electron chi connectivity index (χ0n) is 20.0. The number of carbonyl (C=O) groups excluding carboxylic acids is 1. The van der Waals surface area contributed by atoms with Crippen molar-refractivity contribution in [3.63, 3.8) is 0 Å². The third-order valence-electron chi connectivity index (χ3n) is 5.38. The molecule has 2 unspecified atom stereocenters. The van der Waals surface area contributed by atoms with Gasteiger partial charge in [-0.25, -0.2) is 19.5 Å². The number of H-pyrrole nitrogens is 1. The topological polar surface area (TPSA) is 137 Å². The fourth-order valence-corrected chi connectivity index (χ4v) is 3.40. The molecule has 0 bridgehead atoms. The number of pyridine rings is 1. The summed E-state index contributed by atoms with van der Waals surface area (Å²) in [4.78, 5) is 36.3. The van der Waals surface area contributed by atoms with Gasteiger partial charge in [0, 0.05) is 42.3 Å². The molecule has 0 spiro atoms. The Morgan fingerprint density at radius 3 is 2.71 bits per heavy atom. The monoisotopic (exact) mass is 485 g/mol. The van der Waals surface area contributed by atoms with Gasteiger partial charge in [0.2, 0.25) is 11.8 Å². The predicted octanol–water partition coefficient (Wildman–Crippen LogP) is 4.07. The number of nitrogens with two attached hydrogens (primary N) is 1. The Morgan fingerprint density at radius 1 is 1.40 bits per heavy atom. The summed E-state index contributed by atoms with van der Waals surface area (Å²) in [6.45, 7) is 8.13. The molecule has 1 aromatic carbocycles. The number of ether oxygens (including phenoxy) is 1. The number of hydrogen-bond acceptors (Lipinski definition) is 7. The van der Waals surface area contributed by atoms with Crippen molar-refractivity contribution in [2.75, 3.05) is 20.2 Å². The number of alkyl halides is 1. The second-order valence-corrected chi connectivity index (χ2v) is 7.76.